The summed E-state index contributed by atoms with van der Waals surface area (Å²) in [4.78, 5) is 23.5. The summed E-state index contributed by atoms with van der Waals surface area (Å²) in [6.07, 6.45) is 1.82. The largest absolute Gasteiger partial charge is 0.378 e. The van der Waals surface area contributed by atoms with Gasteiger partial charge in [-0.2, -0.15) is 0 Å². The van der Waals surface area contributed by atoms with E-state index in [-0.39, 0.29) is 5.91 Å². The van der Waals surface area contributed by atoms with E-state index in [0.717, 1.165) is 24.6 Å². The summed E-state index contributed by atoms with van der Waals surface area (Å²) in [5, 5.41) is 2.76. The summed E-state index contributed by atoms with van der Waals surface area (Å²) < 4.78 is 7.97. The van der Waals surface area contributed by atoms with Gasteiger partial charge in [0, 0.05) is 32.4 Å². The molecule has 0 saturated carbocycles. The number of halogens is 1. The highest BCUT2D eigenvalue weighted by atomic mass is 79.9. The minimum Gasteiger partial charge on any atom is -0.378 e. The van der Waals surface area contributed by atoms with Gasteiger partial charge in [-0.1, -0.05) is 0 Å². The number of hydrogen-bond acceptors (Lipinski definition) is 6. The van der Waals surface area contributed by atoms with Gasteiger partial charge in [0.2, 0.25) is 0 Å². The Morgan fingerprint density at radius 1 is 1.43 bits per heavy atom. The molecule has 8 nitrogen and oxygen atoms in total. The predicted octanol–water partition coefficient (Wildman–Crippen LogP) is 0.325. The summed E-state index contributed by atoms with van der Waals surface area (Å²) in [7, 11) is 0. The molecule has 0 aliphatic carbocycles. The maximum absolute atomic E-state index is 12.3. The second-order valence-electron chi connectivity index (χ2n) is 5.27. The van der Waals surface area contributed by atoms with Crippen LogP contribution in [0.4, 0.5) is 5.82 Å². The van der Waals surface area contributed by atoms with Crippen molar-refractivity contribution in [1.82, 2.24) is 19.7 Å². The minimum absolute atomic E-state index is 0.222. The molecular formula is C14H19BrN6O2. The Labute approximate surface area is 142 Å². The number of rotatable bonds is 4. The molecule has 0 aromatic carbocycles. The molecule has 124 valence electrons. The van der Waals surface area contributed by atoms with Crippen molar-refractivity contribution >= 4 is 33.3 Å². The Kier molecular flexibility index (Phi) is 4.79. The summed E-state index contributed by atoms with van der Waals surface area (Å²) in [6, 6.07) is 0. The number of aromatic nitrogens is 3. The van der Waals surface area contributed by atoms with Gasteiger partial charge in [-0.25, -0.2) is 9.97 Å². The smallest absolute Gasteiger partial charge is 0.271 e. The number of fused-ring (bicyclic) bond motifs is 1. The third-order valence-electron chi connectivity index (χ3n) is 3.75. The summed E-state index contributed by atoms with van der Waals surface area (Å²) in [5.41, 5.74) is 7.27. The molecular weight excluding hydrogens is 364 g/mol. The third kappa shape index (κ3) is 3.17. The first-order chi connectivity index (χ1) is 11.1. The van der Waals surface area contributed by atoms with E-state index in [1.165, 1.54) is 0 Å². The Balaban J connectivity index is 2.05. The normalized spacial score (nSPS) is 15.2. The number of carbonyl (C=O) groups excluding carboxylic acids is 1. The number of anilines is 1. The molecule has 3 heterocycles. The standard InChI is InChI=1S/C14H19BrN6O2/c1-9-11(14(22)17-3-2-16)19-13-12(18-10(15)8-21(9)13)20-4-6-23-7-5-20/h8H,2-7,16H2,1H3,(H,17,22). The molecule has 3 N–H and O–H groups in total. The Hall–Kier alpha value is -1.71. The van der Waals surface area contributed by atoms with Gasteiger partial charge in [-0.05, 0) is 22.9 Å². The predicted molar refractivity (Wildman–Crippen MR) is 89.8 cm³/mol. The second-order valence-corrected chi connectivity index (χ2v) is 6.08. The number of amides is 1. The van der Waals surface area contributed by atoms with Gasteiger partial charge >= 0.3 is 0 Å². The van der Waals surface area contributed by atoms with E-state index in [2.05, 4.69) is 36.1 Å². The fraction of sp³-hybridized carbons (Fsp3) is 0.500. The van der Waals surface area contributed by atoms with Crippen molar-refractivity contribution in [3.8, 4) is 0 Å². The lowest BCUT2D eigenvalue weighted by Gasteiger charge is -2.28. The first-order valence-corrected chi connectivity index (χ1v) is 8.27. The zero-order chi connectivity index (χ0) is 16.4. The number of nitrogens with two attached hydrogens (primary N) is 1. The van der Waals surface area contributed by atoms with Crippen molar-refractivity contribution < 1.29 is 9.53 Å². The van der Waals surface area contributed by atoms with Crippen LogP contribution in [0.1, 0.15) is 16.2 Å². The topological polar surface area (TPSA) is 97.8 Å². The average molecular weight is 383 g/mol. The van der Waals surface area contributed by atoms with Crippen molar-refractivity contribution in [2.24, 2.45) is 5.73 Å². The molecule has 0 unspecified atom stereocenters. The molecule has 0 radical (unpaired) electrons. The molecule has 0 bridgehead atoms. The molecule has 23 heavy (non-hydrogen) atoms. The Morgan fingerprint density at radius 2 is 2.17 bits per heavy atom. The number of nitrogens with zero attached hydrogens (tertiary/aromatic N) is 4. The summed E-state index contributed by atoms with van der Waals surface area (Å²) in [5.74, 6) is 0.532. The van der Waals surface area contributed by atoms with E-state index >= 15 is 0 Å². The molecule has 1 aliphatic heterocycles. The van der Waals surface area contributed by atoms with Crippen LogP contribution >= 0.6 is 15.9 Å². The van der Waals surface area contributed by atoms with Gasteiger partial charge in [-0.3, -0.25) is 9.20 Å². The van der Waals surface area contributed by atoms with E-state index < -0.39 is 0 Å². The molecule has 3 rings (SSSR count). The van der Waals surface area contributed by atoms with Crippen LogP contribution < -0.4 is 16.0 Å². The van der Waals surface area contributed by atoms with Crippen LogP contribution in [0.25, 0.3) is 5.65 Å². The van der Waals surface area contributed by atoms with Crippen LogP contribution in [0.2, 0.25) is 0 Å². The zero-order valence-corrected chi connectivity index (χ0v) is 14.5. The molecule has 1 saturated heterocycles. The number of hydrogen-bond donors (Lipinski definition) is 2. The molecule has 0 atom stereocenters. The maximum Gasteiger partial charge on any atom is 0.271 e. The van der Waals surface area contributed by atoms with Gasteiger partial charge < -0.3 is 20.7 Å². The van der Waals surface area contributed by atoms with Crippen LogP contribution in [-0.2, 0) is 4.74 Å². The molecule has 0 spiro atoms. The molecule has 1 amide bonds. The van der Waals surface area contributed by atoms with Gasteiger partial charge in [0.15, 0.2) is 11.5 Å². The highest BCUT2D eigenvalue weighted by Crippen LogP contribution is 2.25. The molecule has 9 heteroatoms. The fourth-order valence-corrected chi connectivity index (χ4v) is 2.96. The summed E-state index contributed by atoms with van der Waals surface area (Å²) >= 11 is 3.44. The van der Waals surface area contributed by atoms with Crippen molar-refractivity contribution in [2.45, 2.75) is 6.92 Å². The Bertz CT molecular complexity index is 726. The second kappa shape index (κ2) is 6.81. The van der Waals surface area contributed by atoms with E-state index in [4.69, 9.17) is 10.5 Å². The zero-order valence-electron chi connectivity index (χ0n) is 12.9. The van der Waals surface area contributed by atoms with E-state index in [1.54, 1.807) is 0 Å². The van der Waals surface area contributed by atoms with Gasteiger partial charge in [0.25, 0.3) is 5.91 Å². The van der Waals surface area contributed by atoms with E-state index in [0.29, 0.717) is 42.2 Å². The monoisotopic (exact) mass is 382 g/mol. The van der Waals surface area contributed by atoms with Gasteiger partial charge in [0.1, 0.15) is 10.3 Å². The maximum atomic E-state index is 12.3. The minimum atomic E-state index is -0.222. The number of morpholine rings is 1. The van der Waals surface area contributed by atoms with Crippen molar-refractivity contribution in [3.05, 3.63) is 22.2 Å². The quantitative estimate of drug-likeness (QED) is 0.790. The van der Waals surface area contributed by atoms with Crippen LogP contribution in [0.3, 0.4) is 0 Å². The van der Waals surface area contributed by atoms with Crippen LogP contribution in [0, 0.1) is 6.92 Å². The van der Waals surface area contributed by atoms with Crippen LogP contribution in [0.5, 0.6) is 0 Å². The lowest BCUT2D eigenvalue weighted by atomic mass is 10.3. The fourth-order valence-electron chi connectivity index (χ4n) is 2.59. The summed E-state index contributed by atoms with van der Waals surface area (Å²) in [6.45, 7) is 5.49. The lowest BCUT2D eigenvalue weighted by Crippen LogP contribution is -2.37. The molecule has 1 fully saturated rings. The van der Waals surface area contributed by atoms with Crippen molar-refractivity contribution in [2.75, 3.05) is 44.3 Å². The first-order valence-electron chi connectivity index (χ1n) is 7.48. The number of imidazole rings is 1. The molecule has 2 aromatic heterocycles. The number of ether oxygens (including phenoxy) is 1. The van der Waals surface area contributed by atoms with Gasteiger partial charge in [-0.15, -0.1) is 0 Å². The number of carbonyl (C=O) groups is 1. The van der Waals surface area contributed by atoms with E-state index in [1.807, 2.05) is 17.5 Å². The lowest BCUT2D eigenvalue weighted by molar-refractivity contribution is 0.0949. The number of aryl methyl sites for hydroxylation is 1. The SMILES string of the molecule is Cc1c(C(=O)NCCN)nc2c(N3CCOCC3)nc(Br)cn12. The van der Waals surface area contributed by atoms with Crippen molar-refractivity contribution in [1.29, 1.82) is 0 Å². The van der Waals surface area contributed by atoms with Gasteiger partial charge in [0.05, 0.1) is 18.9 Å². The third-order valence-corrected chi connectivity index (χ3v) is 4.14. The average Bonchev–Trinajstić information content (AvgIpc) is 2.90. The molecule has 2 aromatic rings. The van der Waals surface area contributed by atoms with Crippen LogP contribution in [0.15, 0.2) is 10.8 Å². The van der Waals surface area contributed by atoms with Crippen molar-refractivity contribution in [3.63, 3.8) is 0 Å². The highest BCUT2D eigenvalue weighted by molar-refractivity contribution is 9.10. The highest BCUT2D eigenvalue weighted by Gasteiger charge is 2.22. The van der Waals surface area contributed by atoms with Crippen LogP contribution in [-0.4, -0.2) is 59.7 Å². The van der Waals surface area contributed by atoms with E-state index in [9.17, 15) is 4.79 Å². The number of nitrogens with one attached hydrogen (secondary N) is 1. The molecule has 1 aliphatic rings. The first kappa shape index (κ1) is 16.2. The Morgan fingerprint density at radius 3 is 2.87 bits per heavy atom.